The van der Waals surface area contributed by atoms with Crippen molar-refractivity contribution in [3.8, 4) is 0 Å². The zero-order valence-electron chi connectivity index (χ0n) is 10.1. The number of hydrogen-bond donors (Lipinski definition) is 1. The molecule has 0 unspecified atom stereocenters. The molecule has 94 valence electrons. The van der Waals surface area contributed by atoms with Crippen LogP contribution in [0.1, 0.15) is 32.6 Å². The van der Waals surface area contributed by atoms with Crippen molar-refractivity contribution in [2.75, 3.05) is 11.9 Å². The Hall–Kier alpha value is -0.840. The number of anilines is 1. The van der Waals surface area contributed by atoms with Crippen LogP contribution in [0.4, 0.5) is 5.69 Å². The SMILES string of the molecule is CCn1ncc(NCCC2CCC2)c(Br)c1=O. The van der Waals surface area contributed by atoms with Crippen molar-refractivity contribution in [1.29, 1.82) is 0 Å². The van der Waals surface area contributed by atoms with Gasteiger partial charge in [0.25, 0.3) is 5.56 Å². The minimum Gasteiger partial charge on any atom is -0.383 e. The molecule has 0 atom stereocenters. The summed E-state index contributed by atoms with van der Waals surface area (Å²) in [5, 5.41) is 7.38. The lowest BCUT2D eigenvalue weighted by Crippen LogP contribution is -2.24. The Kier molecular flexibility index (Phi) is 4.20. The number of halogens is 1. The number of hydrogen-bond acceptors (Lipinski definition) is 3. The lowest BCUT2D eigenvalue weighted by Gasteiger charge is -2.25. The highest BCUT2D eigenvalue weighted by Crippen LogP contribution is 2.29. The fourth-order valence-corrected chi connectivity index (χ4v) is 2.45. The summed E-state index contributed by atoms with van der Waals surface area (Å²) in [5.74, 6) is 0.880. The van der Waals surface area contributed by atoms with Gasteiger partial charge in [0.05, 0.1) is 11.9 Å². The number of nitrogens with one attached hydrogen (secondary N) is 1. The molecule has 0 saturated heterocycles. The van der Waals surface area contributed by atoms with Gasteiger partial charge in [-0.2, -0.15) is 5.10 Å². The zero-order valence-corrected chi connectivity index (χ0v) is 11.7. The molecule has 17 heavy (non-hydrogen) atoms. The predicted molar refractivity (Wildman–Crippen MR) is 72.3 cm³/mol. The molecule has 1 heterocycles. The fourth-order valence-electron chi connectivity index (χ4n) is 2.01. The fraction of sp³-hybridized carbons (Fsp3) is 0.667. The summed E-state index contributed by atoms with van der Waals surface area (Å²) in [4.78, 5) is 11.8. The third-order valence-corrected chi connectivity index (χ3v) is 4.14. The topological polar surface area (TPSA) is 46.9 Å². The normalized spacial score (nSPS) is 15.6. The van der Waals surface area contributed by atoms with Gasteiger partial charge in [0.2, 0.25) is 0 Å². The minimum absolute atomic E-state index is 0.0684. The molecular weight excluding hydrogens is 282 g/mol. The third kappa shape index (κ3) is 2.89. The first-order valence-corrected chi connectivity index (χ1v) is 7.01. The molecule has 1 aliphatic carbocycles. The summed E-state index contributed by atoms with van der Waals surface area (Å²) in [6.07, 6.45) is 7.00. The zero-order chi connectivity index (χ0) is 12.3. The Morgan fingerprint density at radius 1 is 1.59 bits per heavy atom. The van der Waals surface area contributed by atoms with Gasteiger partial charge in [-0.3, -0.25) is 4.79 Å². The summed E-state index contributed by atoms with van der Waals surface area (Å²) in [7, 11) is 0. The molecule has 0 amide bonds. The van der Waals surface area contributed by atoms with Crippen molar-refractivity contribution < 1.29 is 0 Å². The summed E-state index contributed by atoms with van der Waals surface area (Å²) in [6.45, 7) is 3.42. The van der Waals surface area contributed by atoms with Gasteiger partial charge in [0, 0.05) is 13.1 Å². The average Bonchev–Trinajstić information content (AvgIpc) is 2.27. The third-order valence-electron chi connectivity index (χ3n) is 3.38. The molecule has 1 fully saturated rings. The van der Waals surface area contributed by atoms with E-state index in [9.17, 15) is 4.79 Å². The molecule has 0 aromatic carbocycles. The summed E-state index contributed by atoms with van der Waals surface area (Å²) in [5.41, 5.74) is 0.736. The van der Waals surface area contributed by atoms with Crippen molar-refractivity contribution >= 4 is 21.6 Å². The van der Waals surface area contributed by atoms with Gasteiger partial charge in [0.1, 0.15) is 4.47 Å². The van der Waals surface area contributed by atoms with Gasteiger partial charge in [-0.1, -0.05) is 19.3 Å². The number of aryl methyl sites for hydroxylation is 1. The lowest BCUT2D eigenvalue weighted by atomic mass is 9.83. The van der Waals surface area contributed by atoms with Crippen molar-refractivity contribution in [3.05, 3.63) is 21.0 Å². The highest BCUT2D eigenvalue weighted by atomic mass is 79.9. The molecule has 2 rings (SSSR count). The van der Waals surface area contributed by atoms with E-state index in [2.05, 4.69) is 26.3 Å². The largest absolute Gasteiger partial charge is 0.383 e. The highest BCUT2D eigenvalue weighted by Gasteiger charge is 2.16. The minimum atomic E-state index is -0.0684. The van der Waals surface area contributed by atoms with E-state index in [0.29, 0.717) is 11.0 Å². The molecule has 1 aromatic heterocycles. The van der Waals surface area contributed by atoms with E-state index >= 15 is 0 Å². The Morgan fingerprint density at radius 3 is 2.94 bits per heavy atom. The number of aromatic nitrogens is 2. The van der Waals surface area contributed by atoms with E-state index in [1.807, 2.05) is 6.92 Å². The number of nitrogens with zero attached hydrogens (tertiary/aromatic N) is 2. The van der Waals surface area contributed by atoms with E-state index in [0.717, 1.165) is 18.2 Å². The van der Waals surface area contributed by atoms with Gasteiger partial charge in [-0.05, 0) is 35.2 Å². The van der Waals surface area contributed by atoms with E-state index in [1.165, 1.54) is 30.4 Å². The second kappa shape index (κ2) is 5.67. The molecular formula is C12H18BrN3O. The first-order chi connectivity index (χ1) is 8.22. The van der Waals surface area contributed by atoms with E-state index in [-0.39, 0.29) is 5.56 Å². The maximum atomic E-state index is 11.8. The Balaban J connectivity index is 1.95. The number of rotatable bonds is 5. The van der Waals surface area contributed by atoms with Crippen LogP contribution in [-0.2, 0) is 6.54 Å². The maximum Gasteiger partial charge on any atom is 0.283 e. The smallest absolute Gasteiger partial charge is 0.283 e. The summed E-state index contributed by atoms with van der Waals surface area (Å²) >= 11 is 3.33. The van der Waals surface area contributed by atoms with Crippen LogP contribution in [0.3, 0.4) is 0 Å². The first-order valence-electron chi connectivity index (χ1n) is 6.22. The lowest BCUT2D eigenvalue weighted by molar-refractivity contribution is 0.303. The van der Waals surface area contributed by atoms with E-state index < -0.39 is 0 Å². The van der Waals surface area contributed by atoms with Crippen LogP contribution in [0, 0.1) is 5.92 Å². The van der Waals surface area contributed by atoms with Crippen molar-refractivity contribution in [3.63, 3.8) is 0 Å². The maximum absolute atomic E-state index is 11.8. The van der Waals surface area contributed by atoms with Crippen LogP contribution in [0.15, 0.2) is 15.5 Å². The highest BCUT2D eigenvalue weighted by molar-refractivity contribution is 9.10. The molecule has 1 saturated carbocycles. The molecule has 1 N–H and O–H groups in total. The van der Waals surface area contributed by atoms with Gasteiger partial charge in [0.15, 0.2) is 0 Å². The Bertz CT molecular complexity index is 440. The van der Waals surface area contributed by atoms with Crippen LogP contribution in [-0.4, -0.2) is 16.3 Å². The molecule has 1 aromatic rings. The summed E-state index contributed by atoms with van der Waals surface area (Å²) in [6, 6.07) is 0. The van der Waals surface area contributed by atoms with E-state index in [4.69, 9.17) is 0 Å². The van der Waals surface area contributed by atoms with Crippen molar-refractivity contribution in [1.82, 2.24) is 9.78 Å². The molecule has 0 aliphatic heterocycles. The van der Waals surface area contributed by atoms with Crippen LogP contribution < -0.4 is 10.9 Å². The van der Waals surface area contributed by atoms with E-state index in [1.54, 1.807) is 6.20 Å². The quantitative estimate of drug-likeness (QED) is 0.909. The Morgan fingerprint density at radius 2 is 2.35 bits per heavy atom. The second-order valence-corrected chi connectivity index (χ2v) is 5.30. The van der Waals surface area contributed by atoms with Gasteiger partial charge in [-0.25, -0.2) is 4.68 Å². The molecule has 4 nitrogen and oxygen atoms in total. The van der Waals surface area contributed by atoms with Crippen molar-refractivity contribution in [2.45, 2.75) is 39.2 Å². The summed E-state index contributed by atoms with van der Waals surface area (Å²) < 4.78 is 2.03. The van der Waals surface area contributed by atoms with Gasteiger partial charge in [-0.15, -0.1) is 0 Å². The van der Waals surface area contributed by atoms with Crippen LogP contribution >= 0.6 is 15.9 Å². The van der Waals surface area contributed by atoms with Gasteiger partial charge < -0.3 is 5.32 Å². The first kappa shape index (κ1) is 12.6. The van der Waals surface area contributed by atoms with Gasteiger partial charge >= 0.3 is 0 Å². The monoisotopic (exact) mass is 299 g/mol. The molecule has 1 aliphatic rings. The van der Waals surface area contributed by atoms with Crippen LogP contribution in [0.25, 0.3) is 0 Å². The molecule has 5 heteroatoms. The molecule has 0 bridgehead atoms. The molecule has 0 spiro atoms. The molecule has 0 radical (unpaired) electrons. The Labute approximate surface area is 110 Å². The second-order valence-electron chi connectivity index (χ2n) is 4.51. The standard InChI is InChI=1S/C12H18BrN3O/c1-2-16-12(17)11(13)10(8-15-16)14-7-6-9-4-3-5-9/h8-9,14H,2-7H2,1H3. The van der Waals surface area contributed by atoms with Crippen LogP contribution in [0.5, 0.6) is 0 Å². The average molecular weight is 300 g/mol. The predicted octanol–water partition coefficient (Wildman–Crippen LogP) is 2.63. The van der Waals surface area contributed by atoms with Crippen LogP contribution in [0.2, 0.25) is 0 Å². The van der Waals surface area contributed by atoms with Crippen molar-refractivity contribution in [2.24, 2.45) is 5.92 Å².